The van der Waals surface area contributed by atoms with Crippen molar-refractivity contribution in [2.45, 2.75) is 83.2 Å². The lowest BCUT2D eigenvalue weighted by atomic mass is 9.42. The van der Waals surface area contributed by atoms with Crippen LogP contribution in [-0.2, 0) is 6.54 Å². The van der Waals surface area contributed by atoms with E-state index in [0.29, 0.717) is 41.8 Å². The minimum Gasteiger partial charge on any atom is -0.477 e. The van der Waals surface area contributed by atoms with E-state index >= 15 is 0 Å². The first-order valence-electron chi connectivity index (χ1n) is 13.1. The lowest BCUT2D eigenvalue weighted by molar-refractivity contribution is -0.0277. The lowest BCUT2D eigenvalue weighted by Gasteiger charge is -2.65. The third kappa shape index (κ3) is 3.59. The van der Waals surface area contributed by atoms with Crippen LogP contribution in [0, 0.1) is 23.2 Å². The lowest BCUT2D eigenvalue weighted by Crippen LogP contribution is -2.66. The van der Waals surface area contributed by atoms with Gasteiger partial charge in [0, 0.05) is 18.0 Å². The Labute approximate surface area is 191 Å². The Hall–Kier alpha value is -1.82. The van der Waals surface area contributed by atoms with Gasteiger partial charge in [0.25, 0.3) is 5.91 Å². The van der Waals surface area contributed by atoms with Gasteiger partial charge in [0.2, 0.25) is 5.88 Å². The summed E-state index contributed by atoms with van der Waals surface area (Å²) in [5, 5.41) is 11.5. The smallest absolute Gasteiger partial charge is 0.258 e. The number of carbonyl (C=O) groups excluding carboxylic acids is 1. The van der Waals surface area contributed by atoms with Crippen molar-refractivity contribution in [3.63, 3.8) is 0 Å². The molecule has 2 bridgehead atoms. The number of aromatic nitrogens is 2. The molecular weight excluding hydrogens is 400 g/mol. The molecule has 3 atom stereocenters. The Kier molecular flexibility index (Phi) is 5.52. The van der Waals surface area contributed by atoms with Gasteiger partial charge < -0.3 is 15.4 Å². The predicted molar refractivity (Wildman–Crippen MR) is 124 cm³/mol. The molecule has 1 amide bonds. The fourth-order valence-corrected chi connectivity index (χ4v) is 7.15. The van der Waals surface area contributed by atoms with Gasteiger partial charge in [-0.2, -0.15) is 5.10 Å². The topological polar surface area (TPSA) is 68.2 Å². The van der Waals surface area contributed by atoms with E-state index < -0.39 is 0 Å². The quantitative estimate of drug-likeness (QED) is 0.630. The Morgan fingerprint density at radius 1 is 1.19 bits per heavy atom. The maximum atomic E-state index is 13.5. The number of allylic oxidation sites excluding steroid dienone is 1. The summed E-state index contributed by atoms with van der Waals surface area (Å²) in [6.07, 6.45) is 17.8. The number of fused-ring (bicyclic) bond motifs is 1. The van der Waals surface area contributed by atoms with E-state index in [9.17, 15) is 4.79 Å². The molecular formula is C26H38N4O2. The molecule has 0 radical (unpaired) electrons. The largest absolute Gasteiger partial charge is 0.477 e. The number of ether oxygens (including phenoxy) is 1. The third-order valence-corrected chi connectivity index (χ3v) is 9.23. The highest BCUT2D eigenvalue weighted by atomic mass is 16.5. The van der Waals surface area contributed by atoms with Crippen LogP contribution in [-0.4, -0.2) is 41.4 Å². The van der Waals surface area contributed by atoms with Crippen LogP contribution in [0.15, 0.2) is 17.8 Å². The average molecular weight is 439 g/mol. The molecule has 0 aromatic carbocycles. The van der Waals surface area contributed by atoms with Crippen molar-refractivity contribution in [3.8, 4) is 5.88 Å². The standard InChI is InChI=1S/C26H38N4O2/c31-24(29-23-20-6-7-21-8-11-26(21,23)14-20)22-15-28-30(16-18-9-12-27-13-10-18)25(22)32-17-19-4-2-1-3-5-19/h7,15,18-20,23,27H,1-6,8-14,16-17H2,(H,29,31). The summed E-state index contributed by atoms with van der Waals surface area (Å²) in [7, 11) is 0. The molecule has 4 fully saturated rings. The van der Waals surface area contributed by atoms with Crippen LogP contribution >= 0.6 is 0 Å². The number of hydrogen-bond acceptors (Lipinski definition) is 4. The van der Waals surface area contributed by atoms with Gasteiger partial charge in [-0.3, -0.25) is 4.79 Å². The summed E-state index contributed by atoms with van der Waals surface area (Å²) >= 11 is 0. The van der Waals surface area contributed by atoms with Gasteiger partial charge in [0.15, 0.2) is 0 Å². The van der Waals surface area contributed by atoms with Gasteiger partial charge >= 0.3 is 0 Å². The first kappa shape index (κ1) is 20.8. The number of amides is 1. The second-order valence-corrected chi connectivity index (χ2v) is 11.1. The summed E-state index contributed by atoms with van der Waals surface area (Å²) in [6.45, 7) is 3.69. The zero-order valence-corrected chi connectivity index (χ0v) is 19.3. The van der Waals surface area contributed by atoms with E-state index in [1.165, 1.54) is 51.4 Å². The first-order chi connectivity index (χ1) is 15.7. The molecule has 6 rings (SSSR count). The minimum absolute atomic E-state index is 0.0161. The van der Waals surface area contributed by atoms with Crippen LogP contribution in [0.25, 0.3) is 0 Å². The van der Waals surface area contributed by atoms with Crippen LogP contribution in [0.3, 0.4) is 0 Å². The molecule has 6 nitrogen and oxygen atoms in total. The maximum absolute atomic E-state index is 13.5. The van der Waals surface area contributed by atoms with Crippen LogP contribution in [0.1, 0.15) is 81.0 Å². The fourth-order valence-electron chi connectivity index (χ4n) is 7.15. The molecule has 5 aliphatic rings. The average Bonchev–Trinajstić information content (AvgIpc) is 3.20. The Morgan fingerprint density at radius 3 is 2.78 bits per heavy atom. The van der Waals surface area contributed by atoms with E-state index in [0.717, 1.165) is 38.9 Å². The normalized spacial score (nSPS) is 32.3. The van der Waals surface area contributed by atoms with E-state index in [1.807, 2.05) is 4.68 Å². The molecule has 1 aliphatic heterocycles. The molecule has 3 saturated carbocycles. The van der Waals surface area contributed by atoms with Crippen molar-refractivity contribution in [3.05, 3.63) is 23.4 Å². The molecule has 1 aromatic rings. The summed E-state index contributed by atoms with van der Waals surface area (Å²) in [5.41, 5.74) is 2.52. The van der Waals surface area contributed by atoms with Crippen molar-refractivity contribution in [2.75, 3.05) is 19.7 Å². The van der Waals surface area contributed by atoms with Gasteiger partial charge in [-0.25, -0.2) is 4.68 Å². The monoisotopic (exact) mass is 438 g/mol. The molecule has 3 unspecified atom stereocenters. The highest BCUT2D eigenvalue weighted by Gasteiger charge is 2.61. The number of carbonyl (C=O) groups is 1. The summed E-state index contributed by atoms with van der Waals surface area (Å²) < 4.78 is 8.40. The number of piperidine rings is 1. The van der Waals surface area contributed by atoms with E-state index in [2.05, 4.69) is 21.8 Å². The number of nitrogens with one attached hydrogen (secondary N) is 2. The van der Waals surface area contributed by atoms with Crippen molar-refractivity contribution in [1.82, 2.24) is 20.4 Å². The molecule has 4 aliphatic carbocycles. The van der Waals surface area contributed by atoms with Crippen LogP contribution in [0.5, 0.6) is 5.88 Å². The fraction of sp³-hybridized carbons (Fsp3) is 0.769. The van der Waals surface area contributed by atoms with Gasteiger partial charge in [-0.05, 0) is 82.2 Å². The number of nitrogens with zero attached hydrogens (tertiary/aromatic N) is 2. The van der Waals surface area contributed by atoms with Crippen LogP contribution < -0.4 is 15.4 Å². The van der Waals surface area contributed by atoms with E-state index in [-0.39, 0.29) is 11.3 Å². The second-order valence-electron chi connectivity index (χ2n) is 11.1. The molecule has 1 aromatic heterocycles. The summed E-state index contributed by atoms with van der Waals surface area (Å²) in [6, 6.07) is 0.308. The van der Waals surface area contributed by atoms with Gasteiger partial charge in [0.1, 0.15) is 5.56 Å². The van der Waals surface area contributed by atoms with Gasteiger partial charge in [-0.1, -0.05) is 30.9 Å². The molecule has 174 valence electrons. The van der Waals surface area contributed by atoms with E-state index in [4.69, 9.17) is 4.74 Å². The van der Waals surface area contributed by atoms with Crippen molar-refractivity contribution in [2.24, 2.45) is 23.2 Å². The second kappa shape index (κ2) is 8.51. The predicted octanol–water partition coefficient (Wildman–Crippen LogP) is 4.07. The summed E-state index contributed by atoms with van der Waals surface area (Å²) in [4.78, 5) is 13.5. The first-order valence-corrected chi connectivity index (χ1v) is 13.1. The SMILES string of the molecule is O=C(NC1C2CC=C3CCC31C2)c1cnn(CC2CCNCC2)c1OCC1CCCCC1. The zero-order chi connectivity index (χ0) is 21.5. The highest BCUT2D eigenvalue weighted by molar-refractivity contribution is 5.96. The number of hydrogen-bond donors (Lipinski definition) is 2. The summed E-state index contributed by atoms with van der Waals surface area (Å²) in [5.74, 6) is 2.53. The van der Waals surface area contributed by atoms with Crippen LogP contribution in [0.2, 0.25) is 0 Å². The Balaban J connectivity index is 1.19. The number of rotatable bonds is 7. The maximum Gasteiger partial charge on any atom is 0.258 e. The van der Waals surface area contributed by atoms with E-state index in [1.54, 1.807) is 11.8 Å². The minimum atomic E-state index is 0.0161. The van der Waals surface area contributed by atoms with Crippen LogP contribution in [0.4, 0.5) is 0 Å². The molecule has 1 saturated heterocycles. The van der Waals surface area contributed by atoms with Crippen molar-refractivity contribution < 1.29 is 9.53 Å². The Morgan fingerprint density at radius 2 is 2.03 bits per heavy atom. The van der Waals surface area contributed by atoms with Gasteiger partial charge in [0.05, 0.1) is 12.8 Å². The van der Waals surface area contributed by atoms with Crippen molar-refractivity contribution >= 4 is 5.91 Å². The molecule has 6 heteroatoms. The zero-order valence-electron chi connectivity index (χ0n) is 19.3. The van der Waals surface area contributed by atoms with Gasteiger partial charge in [-0.15, -0.1) is 0 Å². The third-order valence-electron chi connectivity index (χ3n) is 9.23. The highest BCUT2D eigenvalue weighted by Crippen LogP contribution is 2.65. The molecule has 2 N–H and O–H groups in total. The molecule has 1 spiro atoms. The van der Waals surface area contributed by atoms with Crippen molar-refractivity contribution in [1.29, 1.82) is 0 Å². The molecule has 32 heavy (non-hydrogen) atoms. The molecule has 2 heterocycles. The Bertz CT molecular complexity index is 880.